The van der Waals surface area contributed by atoms with Gasteiger partial charge in [0.1, 0.15) is 0 Å². The number of thioether (sulfide) groups is 1. The van der Waals surface area contributed by atoms with Gasteiger partial charge in [0.05, 0.1) is 4.90 Å². The van der Waals surface area contributed by atoms with Crippen molar-refractivity contribution in [1.82, 2.24) is 9.62 Å². The molecule has 7 heteroatoms. The second kappa shape index (κ2) is 8.10. The van der Waals surface area contributed by atoms with Crippen molar-refractivity contribution in [2.75, 3.05) is 25.4 Å². The van der Waals surface area contributed by atoms with Gasteiger partial charge in [0.25, 0.3) is 5.91 Å². The molecule has 0 radical (unpaired) electrons. The van der Waals surface area contributed by atoms with E-state index in [2.05, 4.69) is 26.1 Å². The van der Waals surface area contributed by atoms with Crippen LogP contribution in [0, 0.1) is 6.92 Å². The third-order valence-corrected chi connectivity index (χ3v) is 7.25. The third-order valence-electron chi connectivity index (χ3n) is 4.08. The van der Waals surface area contributed by atoms with Crippen molar-refractivity contribution < 1.29 is 13.2 Å². The first-order chi connectivity index (χ1) is 11.6. The molecule has 0 saturated carbocycles. The van der Waals surface area contributed by atoms with Gasteiger partial charge in [-0.05, 0) is 37.5 Å². The maximum atomic E-state index is 12.7. The van der Waals surface area contributed by atoms with Gasteiger partial charge in [-0.2, -0.15) is 16.1 Å². The Kier molecular flexibility index (Phi) is 6.56. The van der Waals surface area contributed by atoms with E-state index in [-0.39, 0.29) is 15.5 Å². The van der Waals surface area contributed by atoms with Crippen LogP contribution in [0.2, 0.25) is 0 Å². The lowest BCUT2D eigenvalue weighted by atomic mass is 10.1. The number of rotatable bonds is 6. The van der Waals surface area contributed by atoms with Crippen LogP contribution < -0.4 is 5.32 Å². The number of amides is 1. The summed E-state index contributed by atoms with van der Waals surface area (Å²) in [4.78, 5) is 12.7. The Hall–Kier alpha value is -1.05. The van der Waals surface area contributed by atoms with E-state index in [9.17, 15) is 13.2 Å². The average molecular weight is 385 g/mol. The Bertz CT molecular complexity index is 718. The minimum atomic E-state index is -3.51. The highest BCUT2D eigenvalue weighted by Crippen LogP contribution is 2.24. The molecule has 1 N–H and O–H groups in total. The quantitative estimate of drug-likeness (QED) is 0.766. The maximum absolute atomic E-state index is 12.7. The largest absolute Gasteiger partial charge is 0.351 e. The molecule has 0 unspecified atom stereocenters. The smallest absolute Gasteiger partial charge is 0.251 e. The molecule has 1 aromatic rings. The Morgan fingerprint density at radius 3 is 2.48 bits per heavy atom. The minimum absolute atomic E-state index is 0.157. The number of sulfonamides is 1. The summed E-state index contributed by atoms with van der Waals surface area (Å²) in [5, 5.41) is 2.89. The Morgan fingerprint density at radius 2 is 1.88 bits per heavy atom. The van der Waals surface area contributed by atoms with Crippen molar-refractivity contribution in [3.63, 3.8) is 0 Å². The summed E-state index contributed by atoms with van der Waals surface area (Å²) in [6, 6.07) is 4.81. The van der Waals surface area contributed by atoms with Crippen molar-refractivity contribution in [2.24, 2.45) is 0 Å². The Labute approximate surface area is 155 Å². The van der Waals surface area contributed by atoms with E-state index in [1.165, 1.54) is 10.4 Å². The molecule has 1 aromatic carbocycles. The zero-order valence-corrected chi connectivity index (χ0v) is 17.1. The molecule has 1 heterocycles. The fraction of sp³-hybridized carbons (Fsp3) is 0.611. The van der Waals surface area contributed by atoms with Crippen LogP contribution in [0.4, 0.5) is 0 Å². The van der Waals surface area contributed by atoms with Crippen molar-refractivity contribution in [2.45, 2.75) is 50.2 Å². The fourth-order valence-corrected chi connectivity index (χ4v) is 5.06. The van der Waals surface area contributed by atoms with E-state index in [1.807, 2.05) is 6.92 Å². The highest BCUT2D eigenvalue weighted by Gasteiger charge is 2.28. The minimum Gasteiger partial charge on any atom is -0.351 e. The SMILES string of the molecule is Cc1ccc(S(=O)(=O)N2CCCC2)cc1C(=O)NCCSC(C)(C)C. The molecule has 0 aliphatic carbocycles. The zero-order chi connectivity index (χ0) is 18.7. The molecule has 5 nitrogen and oxygen atoms in total. The molecular weight excluding hydrogens is 356 g/mol. The number of benzene rings is 1. The van der Waals surface area contributed by atoms with Crippen LogP contribution >= 0.6 is 11.8 Å². The van der Waals surface area contributed by atoms with Gasteiger partial charge in [0.2, 0.25) is 10.0 Å². The van der Waals surface area contributed by atoms with Crippen LogP contribution in [0.3, 0.4) is 0 Å². The first-order valence-corrected chi connectivity index (χ1v) is 11.1. The summed E-state index contributed by atoms with van der Waals surface area (Å²) >= 11 is 1.78. The Morgan fingerprint density at radius 1 is 1.24 bits per heavy atom. The third kappa shape index (κ3) is 5.46. The summed E-state index contributed by atoms with van der Waals surface area (Å²) < 4.78 is 27.0. The predicted octanol–water partition coefficient (Wildman–Crippen LogP) is 3.04. The highest BCUT2D eigenvalue weighted by atomic mass is 32.2. The van der Waals surface area contributed by atoms with Crippen molar-refractivity contribution in [3.05, 3.63) is 29.3 Å². The van der Waals surface area contributed by atoms with Crippen LogP contribution in [0.1, 0.15) is 49.5 Å². The number of nitrogens with one attached hydrogen (secondary N) is 1. The number of aryl methyl sites for hydroxylation is 1. The molecule has 0 aromatic heterocycles. The van der Waals surface area contributed by atoms with Crippen LogP contribution in [0.15, 0.2) is 23.1 Å². The summed E-state index contributed by atoms with van der Waals surface area (Å²) in [6.45, 7) is 9.90. The lowest BCUT2D eigenvalue weighted by molar-refractivity contribution is 0.0955. The fourth-order valence-electron chi connectivity index (χ4n) is 2.70. The summed E-state index contributed by atoms with van der Waals surface area (Å²) in [5.41, 5.74) is 1.21. The van der Waals surface area contributed by atoms with Gasteiger partial charge in [0.15, 0.2) is 0 Å². The van der Waals surface area contributed by atoms with Gasteiger partial charge < -0.3 is 5.32 Å². The molecule has 0 bridgehead atoms. The van der Waals surface area contributed by atoms with Crippen molar-refractivity contribution >= 4 is 27.7 Å². The topological polar surface area (TPSA) is 66.5 Å². The normalized spacial score (nSPS) is 16.2. The first kappa shape index (κ1) is 20.3. The van der Waals surface area contributed by atoms with Gasteiger partial charge in [-0.3, -0.25) is 4.79 Å². The molecule has 1 saturated heterocycles. The summed E-state index contributed by atoms with van der Waals surface area (Å²) in [7, 11) is -3.51. The van der Waals surface area contributed by atoms with Gasteiger partial charge in [-0.25, -0.2) is 8.42 Å². The molecule has 1 aliphatic heterocycles. The number of carbonyl (C=O) groups excluding carboxylic acids is 1. The number of carbonyl (C=O) groups is 1. The Balaban J connectivity index is 2.09. The lowest BCUT2D eigenvalue weighted by Crippen LogP contribution is -2.30. The van der Waals surface area contributed by atoms with Crippen LogP contribution in [-0.4, -0.2) is 48.8 Å². The van der Waals surface area contributed by atoms with Crippen LogP contribution in [0.25, 0.3) is 0 Å². The molecule has 1 fully saturated rings. The molecule has 25 heavy (non-hydrogen) atoms. The summed E-state index contributed by atoms with van der Waals surface area (Å²) in [5.74, 6) is 0.602. The molecule has 1 amide bonds. The number of nitrogens with zero attached hydrogens (tertiary/aromatic N) is 1. The van der Waals surface area contributed by atoms with E-state index in [0.717, 1.165) is 24.2 Å². The zero-order valence-electron chi connectivity index (χ0n) is 15.5. The monoisotopic (exact) mass is 384 g/mol. The van der Waals surface area contributed by atoms with Gasteiger partial charge in [0, 0.05) is 35.7 Å². The van der Waals surface area contributed by atoms with Crippen molar-refractivity contribution in [1.29, 1.82) is 0 Å². The van der Waals surface area contributed by atoms with E-state index in [4.69, 9.17) is 0 Å². The van der Waals surface area contributed by atoms with Gasteiger partial charge >= 0.3 is 0 Å². The van der Waals surface area contributed by atoms with E-state index >= 15 is 0 Å². The molecule has 0 spiro atoms. The maximum Gasteiger partial charge on any atom is 0.251 e. The van der Waals surface area contributed by atoms with Crippen LogP contribution in [0.5, 0.6) is 0 Å². The van der Waals surface area contributed by atoms with E-state index in [0.29, 0.717) is 25.2 Å². The molecule has 0 atom stereocenters. The molecule has 2 rings (SSSR count). The van der Waals surface area contributed by atoms with Gasteiger partial charge in [-0.15, -0.1) is 0 Å². The summed E-state index contributed by atoms with van der Waals surface area (Å²) in [6.07, 6.45) is 1.79. The lowest BCUT2D eigenvalue weighted by Gasteiger charge is -2.18. The van der Waals surface area contributed by atoms with E-state index < -0.39 is 10.0 Å². The first-order valence-electron chi connectivity index (χ1n) is 8.64. The molecule has 1 aliphatic rings. The highest BCUT2D eigenvalue weighted by molar-refractivity contribution is 8.00. The molecule has 140 valence electrons. The number of hydrogen-bond acceptors (Lipinski definition) is 4. The predicted molar refractivity (Wildman–Crippen MR) is 104 cm³/mol. The second-order valence-corrected chi connectivity index (χ2v) is 11.2. The average Bonchev–Trinajstić information content (AvgIpc) is 3.06. The van der Waals surface area contributed by atoms with Gasteiger partial charge in [-0.1, -0.05) is 26.8 Å². The van der Waals surface area contributed by atoms with Crippen molar-refractivity contribution in [3.8, 4) is 0 Å². The second-order valence-electron chi connectivity index (χ2n) is 7.30. The number of hydrogen-bond donors (Lipinski definition) is 1. The van der Waals surface area contributed by atoms with Crippen LogP contribution in [-0.2, 0) is 10.0 Å². The molecular formula is C18H28N2O3S2. The van der Waals surface area contributed by atoms with E-state index in [1.54, 1.807) is 23.9 Å². The standard InChI is InChI=1S/C18H28N2O3S2/c1-14-7-8-15(25(22,23)20-10-5-6-11-20)13-16(14)17(21)19-9-12-24-18(2,3)4/h7-8,13H,5-6,9-12H2,1-4H3,(H,19,21).